The molecular formula is C14H24N2O2. The molecule has 0 saturated carbocycles. The number of rotatable bonds is 4. The smallest absolute Gasteiger partial charge is 0.229 e. The molecule has 2 rings (SSSR count). The summed E-state index contributed by atoms with van der Waals surface area (Å²) in [6.45, 7) is 4.78. The van der Waals surface area contributed by atoms with Crippen LogP contribution in [0.3, 0.4) is 0 Å². The second kappa shape index (κ2) is 6.32. The fraction of sp³-hybridized carbons (Fsp3) is 0.857. The normalized spacial score (nSPS) is 23.7. The molecule has 1 N–H and O–H groups in total. The summed E-state index contributed by atoms with van der Waals surface area (Å²) in [6, 6.07) is 0. The highest BCUT2D eigenvalue weighted by atomic mass is 16.2. The summed E-state index contributed by atoms with van der Waals surface area (Å²) in [5.74, 6) is 0.910. The number of amides is 2. The maximum Gasteiger partial charge on any atom is 0.229 e. The highest BCUT2D eigenvalue weighted by Gasteiger charge is 2.33. The number of carbonyl (C=O) groups is 2. The molecule has 0 bridgehead atoms. The van der Waals surface area contributed by atoms with Crippen LogP contribution in [-0.4, -0.2) is 36.3 Å². The van der Waals surface area contributed by atoms with Crippen LogP contribution in [0.5, 0.6) is 0 Å². The summed E-state index contributed by atoms with van der Waals surface area (Å²) in [4.78, 5) is 25.6. The van der Waals surface area contributed by atoms with Crippen LogP contribution in [0.25, 0.3) is 0 Å². The van der Waals surface area contributed by atoms with E-state index in [2.05, 4.69) is 12.2 Å². The van der Waals surface area contributed by atoms with Gasteiger partial charge in [0.1, 0.15) is 0 Å². The molecule has 2 aliphatic rings. The van der Waals surface area contributed by atoms with Gasteiger partial charge in [0.2, 0.25) is 11.8 Å². The van der Waals surface area contributed by atoms with Crippen LogP contribution in [0.15, 0.2) is 0 Å². The van der Waals surface area contributed by atoms with Gasteiger partial charge >= 0.3 is 0 Å². The minimum atomic E-state index is 0.0585. The number of carbonyl (C=O) groups excluding carboxylic acids is 2. The van der Waals surface area contributed by atoms with Crippen molar-refractivity contribution in [1.82, 2.24) is 10.2 Å². The van der Waals surface area contributed by atoms with Gasteiger partial charge in [-0.3, -0.25) is 14.5 Å². The topological polar surface area (TPSA) is 49.4 Å². The number of hydrogen-bond donors (Lipinski definition) is 1. The van der Waals surface area contributed by atoms with Gasteiger partial charge in [0.05, 0.1) is 0 Å². The molecule has 2 amide bonds. The first kappa shape index (κ1) is 13.5. The maximum atomic E-state index is 12.1. The van der Waals surface area contributed by atoms with E-state index in [-0.39, 0.29) is 11.8 Å². The Morgan fingerprint density at radius 1 is 1.11 bits per heavy atom. The molecule has 0 aliphatic carbocycles. The van der Waals surface area contributed by atoms with E-state index < -0.39 is 0 Å². The number of hydrogen-bond acceptors (Lipinski definition) is 3. The molecule has 4 heteroatoms. The highest BCUT2D eigenvalue weighted by Crippen LogP contribution is 2.25. The van der Waals surface area contributed by atoms with E-state index in [9.17, 15) is 9.59 Å². The molecule has 0 aromatic heterocycles. The second-order valence-electron chi connectivity index (χ2n) is 5.65. The number of nitrogens with zero attached hydrogens (tertiary/aromatic N) is 1. The molecule has 4 nitrogen and oxygen atoms in total. The average Bonchev–Trinajstić information content (AvgIpc) is 2.36. The Kier molecular flexibility index (Phi) is 4.75. The molecule has 0 unspecified atom stereocenters. The van der Waals surface area contributed by atoms with Crippen molar-refractivity contribution < 1.29 is 9.59 Å². The molecule has 0 aromatic rings. The predicted octanol–water partition coefficient (Wildman–Crippen LogP) is 1.55. The third-order valence-electron chi connectivity index (χ3n) is 4.13. The Labute approximate surface area is 109 Å². The van der Waals surface area contributed by atoms with Crippen molar-refractivity contribution in [2.24, 2.45) is 11.8 Å². The molecule has 2 saturated heterocycles. The van der Waals surface area contributed by atoms with Crippen molar-refractivity contribution in [1.29, 1.82) is 0 Å². The lowest BCUT2D eigenvalue weighted by atomic mass is 9.90. The molecule has 102 valence electrons. The average molecular weight is 252 g/mol. The first-order valence-electron chi connectivity index (χ1n) is 7.24. The summed E-state index contributed by atoms with van der Waals surface area (Å²) < 4.78 is 0. The van der Waals surface area contributed by atoms with Crippen molar-refractivity contribution in [3.05, 3.63) is 0 Å². The first-order valence-corrected chi connectivity index (χ1v) is 7.24. The van der Waals surface area contributed by atoms with Crippen molar-refractivity contribution in [3.63, 3.8) is 0 Å². The van der Waals surface area contributed by atoms with Gasteiger partial charge in [-0.15, -0.1) is 0 Å². The molecule has 2 fully saturated rings. The van der Waals surface area contributed by atoms with Crippen LogP contribution in [0.2, 0.25) is 0 Å². The van der Waals surface area contributed by atoms with E-state index >= 15 is 0 Å². The largest absolute Gasteiger partial charge is 0.317 e. The molecule has 2 aliphatic heterocycles. The fourth-order valence-corrected chi connectivity index (χ4v) is 3.06. The lowest BCUT2D eigenvalue weighted by Crippen LogP contribution is -2.47. The summed E-state index contributed by atoms with van der Waals surface area (Å²) in [6.07, 6.45) is 5.36. The molecule has 2 heterocycles. The predicted molar refractivity (Wildman–Crippen MR) is 69.9 cm³/mol. The van der Waals surface area contributed by atoms with Crippen LogP contribution in [0, 0.1) is 11.8 Å². The number of likely N-dealkylation sites (tertiary alicyclic amines) is 1. The van der Waals surface area contributed by atoms with Gasteiger partial charge in [-0.1, -0.05) is 13.3 Å². The van der Waals surface area contributed by atoms with E-state index in [1.54, 1.807) is 0 Å². The number of piperidine rings is 2. The number of nitrogens with one attached hydrogen (secondary N) is 1. The molecular weight excluding hydrogens is 228 g/mol. The SMILES string of the molecule is CCCC1CC(=O)N(CC2CCNCC2)C(=O)C1. The molecule has 0 radical (unpaired) electrons. The second-order valence-corrected chi connectivity index (χ2v) is 5.65. The minimum Gasteiger partial charge on any atom is -0.317 e. The quantitative estimate of drug-likeness (QED) is 0.772. The van der Waals surface area contributed by atoms with Gasteiger partial charge in [0.15, 0.2) is 0 Å². The highest BCUT2D eigenvalue weighted by molar-refractivity contribution is 5.97. The van der Waals surface area contributed by atoms with Crippen LogP contribution in [0.4, 0.5) is 0 Å². The monoisotopic (exact) mass is 252 g/mol. The van der Waals surface area contributed by atoms with E-state index in [1.165, 1.54) is 4.90 Å². The van der Waals surface area contributed by atoms with Gasteiger partial charge in [-0.05, 0) is 44.2 Å². The zero-order chi connectivity index (χ0) is 13.0. The Morgan fingerprint density at radius 3 is 2.28 bits per heavy atom. The van der Waals surface area contributed by atoms with Crippen molar-refractivity contribution in [2.45, 2.75) is 45.4 Å². The first-order chi connectivity index (χ1) is 8.70. The van der Waals surface area contributed by atoms with Crippen molar-refractivity contribution >= 4 is 11.8 Å². The maximum absolute atomic E-state index is 12.1. The Morgan fingerprint density at radius 2 is 1.72 bits per heavy atom. The number of imide groups is 1. The van der Waals surface area contributed by atoms with Crippen molar-refractivity contribution in [3.8, 4) is 0 Å². The summed E-state index contributed by atoms with van der Waals surface area (Å²) in [5, 5.41) is 3.31. The standard InChI is InChI=1S/C14H24N2O2/c1-2-3-12-8-13(17)16(14(18)9-12)10-11-4-6-15-7-5-11/h11-12,15H,2-10H2,1H3. The minimum absolute atomic E-state index is 0.0585. The van der Waals surface area contributed by atoms with E-state index in [0.717, 1.165) is 38.8 Å². The summed E-state index contributed by atoms with van der Waals surface area (Å²) in [5.41, 5.74) is 0. The Bertz CT molecular complexity index is 293. The molecule has 0 aromatic carbocycles. The van der Waals surface area contributed by atoms with Gasteiger partial charge in [-0.2, -0.15) is 0 Å². The Hall–Kier alpha value is -0.900. The van der Waals surface area contributed by atoms with Crippen LogP contribution in [-0.2, 0) is 9.59 Å². The lowest BCUT2D eigenvalue weighted by Gasteiger charge is -2.33. The molecule has 0 atom stereocenters. The van der Waals surface area contributed by atoms with Gasteiger partial charge in [0.25, 0.3) is 0 Å². The van der Waals surface area contributed by atoms with Crippen LogP contribution in [0.1, 0.15) is 45.4 Å². The zero-order valence-corrected chi connectivity index (χ0v) is 11.3. The summed E-state index contributed by atoms with van der Waals surface area (Å²) >= 11 is 0. The summed E-state index contributed by atoms with van der Waals surface area (Å²) in [7, 11) is 0. The van der Waals surface area contributed by atoms with Crippen LogP contribution >= 0.6 is 0 Å². The third-order valence-corrected chi connectivity index (χ3v) is 4.13. The van der Waals surface area contributed by atoms with Crippen LogP contribution < -0.4 is 5.32 Å². The van der Waals surface area contributed by atoms with E-state index in [4.69, 9.17) is 0 Å². The molecule has 0 spiro atoms. The van der Waals surface area contributed by atoms with E-state index in [0.29, 0.717) is 31.2 Å². The Balaban J connectivity index is 1.88. The molecule has 18 heavy (non-hydrogen) atoms. The zero-order valence-electron chi connectivity index (χ0n) is 11.3. The van der Waals surface area contributed by atoms with Crippen molar-refractivity contribution in [2.75, 3.05) is 19.6 Å². The van der Waals surface area contributed by atoms with Gasteiger partial charge in [0, 0.05) is 19.4 Å². The van der Waals surface area contributed by atoms with E-state index in [1.807, 2.05) is 0 Å². The lowest BCUT2D eigenvalue weighted by molar-refractivity contribution is -0.151. The fourth-order valence-electron chi connectivity index (χ4n) is 3.06. The third kappa shape index (κ3) is 3.31. The van der Waals surface area contributed by atoms with Gasteiger partial charge < -0.3 is 5.32 Å². The van der Waals surface area contributed by atoms with Gasteiger partial charge in [-0.25, -0.2) is 0 Å².